The summed E-state index contributed by atoms with van der Waals surface area (Å²) in [5, 5.41) is 0. The van der Waals surface area contributed by atoms with Crippen LogP contribution >= 0.6 is 0 Å². The van der Waals surface area contributed by atoms with Gasteiger partial charge in [0, 0.05) is 6.42 Å². The molecule has 1 fully saturated rings. The van der Waals surface area contributed by atoms with Crippen LogP contribution in [0.15, 0.2) is 42.5 Å². The van der Waals surface area contributed by atoms with E-state index in [0.29, 0.717) is 19.6 Å². The van der Waals surface area contributed by atoms with Crippen LogP contribution in [0.25, 0.3) is 0 Å². The summed E-state index contributed by atoms with van der Waals surface area (Å²) in [6.45, 7) is 1.18. The number of ketones is 1. The molecule has 1 saturated heterocycles. The molecule has 4 heteroatoms. The van der Waals surface area contributed by atoms with Crippen molar-refractivity contribution in [2.24, 2.45) is 0 Å². The maximum Gasteiger partial charge on any atom is 0.158 e. The Hall–Kier alpha value is -1.49. The number of hydrogen-bond donors (Lipinski definition) is 0. The molecule has 1 aromatic rings. The van der Waals surface area contributed by atoms with E-state index in [-0.39, 0.29) is 24.3 Å². The first-order valence-corrected chi connectivity index (χ1v) is 7.93. The molecule has 0 radical (unpaired) electrons. The third kappa shape index (κ3) is 4.50. The molecule has 3 rings (SSSR count). The molecule has 0 amide bonds. The minimum absolute atomic E-state index is 0.0727. The van der Waals surface area contributed by atoms with Crippen LogP contribution in [0.2, 0.25) is 0 Å². The number of allylic oxidation sites excluding steroid dienone is 1. The van der Waals surface area contributed by atoms with Crippen molar-refractivity contribution in [2.75, 3.05) is 6.61 Å². The third-order valence-corrected chi connectivity index (χ3v) is 3.95. The largest absolute Gasteiger partial charge is 0.374 e. The first-order chi connectivity index (χ1) is 10.8. The standard InChI is InChI=1S/C18H22O4/c19-15-9-10-16(11-15)21-18-8-4-7-17(22-18)13-20-12-14-5-2-1-3-6-14/h1-3,5-6,9-10,16-18H,4,7-8,11-13H2/t16-,17?,18?/m0/s1. The number of benzene rings is 1. The Balaban J connectivity index is 1.39. The van der Waals surface area contributed by atoms with Crippen LogP contribution in [0.4, 0.5) is 0 Å². The van der Waals surface area contributed by atoms with E-state index < -0.39 is 0 Å². The maximum atomic E-state index is 11.2. The van der Waals surface area contributed by atoms with E-state index in [1.807, 2.05) is 24.3 Å². The van der Waals surface area contributed by atoms with E-state index in [1.54, 1.807) is 6.08 Å². The summed E-state index contributed by atoms with van der Waals surface area (Å²) in [4.78, 5) is 11.2. The topological polar surface area (TPSA) is 44.8 Å². The molecule has 0 bridgehead atoms. The maximum absolute atomic E-state index is 11.2. The summed E-state index contributed by atoms with van der Waals surface area (Å²) in [5.41, 5.74) is 1.17. The predicted octanol–water partition coefficient (Wildman–Crippen LogP) is 3.01. The molecule has 4 nitrogen and oxygen atoms in total. The SMILES string of the molecule is O=C1C=C[C@H](OC2CCCC(COCc3ccccc3)O2)C1. The lowest BCUT2D eigenvalue weighted by Crippen LogP contribution is -2.34. The highest BCUT2D eigenvalue weighted by atomic mass is 16.7. The molecule has 3 atom stereocenters. The number of carbonyl (C=O) groups excluding carboxylic acids is 1. The number of ether oxygens (including phenoxy) is 3. The summed E-state index contributed by atoms with van der Waals surface area (Å²) in [6.07, 6.45) is 6.52. The van der Waals surface area contributed by atoms with Gasteiger partial charge in [0.25, 0.3) is 0 Å². The molecule has 118 valence electrons. The van der Waals surface area contributed by atoms with Gasteiger partial charge in [-0.2, -0.15) is 0 Å². The minimum atomic E-state index is -0.223. The van der Waals surface area contributed by atoms with Crippen LogP contribution in [0, 0.1) is 0 Å². The highest BCUT2D eigenvalue weighted by Crippen LogP contribution is 2.23. The van der Waals surface area contributed by atoms with Crippen molar-refractivity contribution in [3.05, 3.63) is 48.0 Å². The first kappa shape index (κ1) is 15.4. The van der Waals surface area contributed by atoms with Gasteiger partial charge in [-0.1, -0.05) is 36.4 Å². The predicted molar refractivity (Wildman–Crippen MR) is 82.2 cm³/mol. The monoisotopic (exact) mass is 302 g/mol. The van der Waals surface area contributed by atoms with E-state index in [9.17, 15) is 4.79 Å². The molecule has 1 aliphatic heterocycles. The van der Waals surface area contributed by atoms with Gasteiger partial charge in [0.15, 0.2) is 12.1 Å². The van der Waals surface area contributed by atoms with Gasteiger partial charge in [-0.25, -0.2) is 0 Å². The lowest BCUT2D eigenvalue weighted by Gasteiger charge is -2.31. The number of carbonyl (C=O) groups is 1. The second-order valence-electron chi connectivity index (χ2n) is 5.82. The molecule has 1 aromatic carbocycles. The molecule has 0 saturated carbocycles. The van der Waals surface area contributed by atoms with Crippen molar-refractivity contribution < 1.29 is 19.0 Å². The highest BCUT2D eigenvalue weighted by Gasteiger charge is 2.27. The van der Waals surface area contributed by atoms with Crippen LogP contribution in [-0.4, -0.2) is 30.9 Å². The van der Waals surface area contributed by atoms with Gasteiger partial charge in [0.1, 0.15) is 0 Å². The Morgan fingerprint density at radius 2 is 2.05 bits per heavy atom. The molecule has 0 spiro atoms. The van der Waals surface area contributed by atoms with Crippen molar-refractivity contribution in [1.29, 1.82) is 0 Å². The van der Waals surface area contributed by atoms with Gasteiger partial charge in [-0.05, 0) is 30.9 Å². The lowest BCUT2D eigenvalue weighted by molar-refractivity contribution is -0.216. The van der Waals surface area contributed by atoms with Crippen LogP contribution in [-0.2, 0) is 25.6 Å². The summed E-state index contributed by atoms with van der Waals surface area (Å²) in [5.74, 6) is 0.128. The summed E-state index contributed by atoms with van der Waals surface area (Å²) in [7, 11) is 0. The smallest absolute Gasteiger partial charge is 0.158 e. The van der Waals surface area contributed by atoms with Crippen molar-refractivity contribution in [2.45, 2.75) is 50.8 Å². The summed E-state index contributed by atoms with van der Waals surface area (Å²) < 4.78 is 17.5. The number of rotatable bonds is 6. The van der Waals surface area contributed by atoms with Crippen LogP contribution in [0.1, 0.15) is 31.2 Å². The quantitative estimate of drug-likeness (QED) is 0.810. The van der Waals surface area contributed by atoms with Gasteiger partial charge in [0.05, 0.1) is 25.4 Å². The molecule has 2 unspecified atom stereocenters. The van der Waals surface area contributed by atoms with Gasteiger partial charge < -0.3 is 14.2 Å². The van der Waals surface area contributed by atoms with Crippen molar-refractivity contribution in [1.82, 2.24) is 0 Å². The third-order valence-electron chi connectivity index (χ3n) is 3.95. The summed E-state index contributed by atoms with van der Waals surface area (Å²) >= 11 is 0. The second-order valence-corrected chi connectivity index (χ2v) is 5.82. The van der Waals surface area contributed by atoms with Crippen LogP contribution < -0.4 is 0 Å². The van der Waals surface area contributed by atoms with E-state index in [2.05, 4.69) is 12.1 Å². The molecule has 1 aliphatic carbocycles. The van der Waals surface area contributed by atoms with E-state index in [0.717, 1.165) is 19.3 Å². The Morgan fingerprint density at radius 1 is 1.18 bits per heavy atom. The van der Waals surface area contributed by atoms with Crippen LogP contribution in [0.3, 0.4) is 0 Å². The van der Waals surface area contributed by atoms with Gasteiger partial charge >= 0.3 is 0 Å². The van der Waals surface area contributed by atoms with Gasteiger partial charge in [-0.15, -0.1) is 0 Å². The minimum Gasteiger partial charge on any atom is -0.374 e. The Labute approximate surface area is 131 Å². The fourth-order valence-electron chi connectivity index (χ4n) is 2.81. The molecule has 0 aromatic heterocycles. The highest BCUT2D eigenvalue weighted by molar-refractivity contribution is 5.92. The van der Waals surface area contributed by atoms with Crippen molar-refractivity contribution in [3.8, 4) is 0 Å². The zero-order valence-corrected chi connectivity index (χ0v) is 12.6. The van der Waals surface area contributed by atoms with E-state index in [1.165, 1.54) is 5.56 Å². The number of hydrogen-bond acceptors (Lipinski definition) is 4. The first-order valence-electron chi connectivity index (χ1n) is 7.93. The molecular weight excluding hydrogens is 280 g/mol. The molecule has 22 heavy (non-hydrogen) atoms. The Bertz CT molecular complexity index is 511. The molecular formula is C18H22O4. The zero-order chi connectivity index (χ0) is 15.2. The molecule has 0 N–H and O–H groups in total. The van der Waals surface area contributed by atoms with Crippen molar-refractivity contribution >= 4 is 5.78 Å². The van der Waals surface area contributed by atoms with Gasteiger partial charge in [0.2, 0.25) is 0 Å². The average Bonchev–Trinajstić information content (AvgIpc) is 2.94. The Kier molecular flexibility index (Phi) is 5.38. The Morgan fingerprint density at radius 3 is 2.82 bits per heavy atom. The normalized spacial score (nSPS) is 28.2. The summed E-state index contributed by atoms with van der Waals surface area (Å²) in [6, 6.07) is 10.1. The second kappa shape index (κ2) is 7.68. The van der Waals surface area contributed by atoms with Crippen molar-refractivity contribution in [3.63, 3.8) is 0 Å². The van der Waals surface area contributed by atoms with Gasteiger partial charge in [-0.3, -0.25) is 4.79 Å². The average molecular weight is 302 g/mol. The fraction of sp³-hybridized carbons (Fsp3) is 0.500. The molecule has 1 heterocycles. The zero-order valence-electron chi connectivity index (χ0n) is 12.6. The molecule has 2 aliphatic rings. The fourth-order valence-corrected chi connectivity index (χ4v) is 2.81. The van der Waals surface area contributed by atoms with E-state index >= 15 is 0 Å². The lowest BCUT2D eigenvalue weighted by atomic mass is 10.1. The van der Waals surface area contributed by atoms with E-state index in [4.69, 9.17) is 14.2 Å². The van der Waals surface area contributed by atoms with Crippen LogP contribution in [0.5, 0.6) is 0 Å².